The molecule has 0 aromatic carbocycles. The van der Waals surface area contributed by atoms with Crippen LogP contribution in [0, 0.1) is 5.92 Å². The first kappa shape index (κ1) is 24.6. The SMILES string of the molecule is C=CCOC(=O)[C@H]1[C@H]2CC[C@H]3C[C@@]4(CCC=C[C@H](CC)O4)NC(=[N+]32)N[C@@]12CCC[C@@H](C)O2.[Cl-]. The van der Waals surface area contributed by atoms with Crippen molar-refractivity contribution in [3.63, 3.8) is 0 Å². The number of hydrogen-bond donors (Lipinski definition) is 2. The van der Waals surface area contributed by atoms with Gasteiger partial charge in [-0.1, -0.05) is 31.7 Å². The van der Waals surface area contributed by atoms with Gasteiger partial charge in [0, 0.05) is 19.3 Å². The molecule has 2 N–H and O–H groups in total. The predicted octanol–water partition coefficient (Wildman–Crippen LogP) is -0.0414. The zero-order chi connectivity index (χ0) is 22.3. The fraction of sp³-hybridized carbons (Fsp3) is 0.760. The number of carbonyl (C=O) groups is 1. The number of rotatable bonds is 4. The van der Waals surface area contributed by atoms with Gasteiger partial charge >= 0.3 is 11.9 Å². The summed E-state index contributed by atoms with van der Waals surface area (Å²) in [5.74, 6) is 0.426. The van der Waals surface area contributed by atoms with Crippen molar-refractivity contribution in [2.75, 3.05) is 6.61 Å². The van der Waals surface area contributed by atoms with E-state index in [-0.39, 0.29) is 54.9 Å². The molecule has 33 heavy (non-hydrogen) atoms. The van der Waals surface area contributed by atoms with E-state index in [4.69, 9.17) is 14.2 Å². The van der Waals surface area contributed by atoms with Crippen molar-refractivity contribution in [1.82, 2.24) is 10.6 Å². The van der Waals surface area contributed by atoms with Crippen LogP contribution in [0.2, 0.25) is 0 Å². The van der Waals surface area contributed by atoms with Crippen LogP contribution in [0.4, 0.5) is 0 Å². The molecule has 0 unspecified atom stereocenters. The summed E-state index contributed by atoms with van der Waals surface area (Å²) in [4.78, 5) is 13.3. The molecular formula is C25H38ClN3O4. The van der Waals surface area contributed by atoms with Gasteiger partial charge in [0.1, 0.15) is 6.61 Å². The lowest BCUT2D eigenvalue weighted by Crippen LogP contribution is -3.00. The van der Waals surface area contributed by atoms with E-state index in [0.717, 1.165) is 63.7 Å². The Morgan fingerprint density at radius 3 is 2.91 bits per heavy atom. The smallest absolute Gasteiger partial charge is 0.350 e. The summed E-state index contributed by atoms with van der Waals surface area (Å²) in [5.41, 5.74) is -1.14. The number of guanidine groups is 1. The second-order valence-electron chi connectivity index (χ2n) is 10.1. The lowest BCUT2D eigenvalue weighted by molar-refractivity contribution is -0.609. The van der Waals surface area contributed by atoms with E-state index in [1.807, 2.05) is 0 Å². The largest absolute Gasteiger partial charge is 1.00 e. The van der Waals surface area contributed by atoms with Gasteiger partial charge in [0.25, 0.3) is 0 Å². The lowest BCUT2D eigenvalue weighted by atomic mass is 9.80. The third-order valence-corrected chi connectivity index (χ3v) is 7.95. The Hall–Kier alpha value is -1.57. The van der Waals surface area contributed by atoms with Gasteiger partial charge in [0.15, 0.2) is 11.6 Å². The number of halogens is 1. The number of nitrogens with zero attached hydrogens (tertiary/aromatic N) is 1. The van der Waals surface area contributed by atoms with Crippen molar-refractivity contribution in [1.29, 1.82) is 0 Å². The molecule has 184 valence electrons. The second kappa shape index (κ2) is 9.59. The van der Waals surface area contributed by atoms with Crippen molar-refractivity contribution in [3.8, 4) is 0 Å². The van der Waals surface area contributed by atoms with Crippen LogP contribution in [-0.4, -0.2) is 58.9 Å². The van der Waals surface area contributed by atoms with Crippen LogP contribution in [0.1, 0.15) is 71.6 Å². The van der Waals surface area contributed by atoms with E-state index in [0.29, 0.717) is 6.04 Å². The summed E-state index contributed by atoms with van der Waals surface area (Å²) in [6.07, 6.45) is 15.0. The predicted molar refractivity (Wildman–Crippen MR) is 121 cm³/mol. The average molecular weight is 480 g/mol. The molecule has 0 radical (unpaired) electrons. The first-order valence-corrected chi connectivity index (χ1v) is 12.5. The minimum atomic E-state index is -0.750. The fourth-order valence-corrected chi connectivity index (χ4v) is 6.63. The van der Waals surface area contributed by atoms with Crippen molar-refractivity contribution in [2.45, 2.75) is 107 Å². The zero-order valence-corrected chi connectivity index (χ0v) is 20.6. The van der Waals surface area contributed by atoms with Gasteiger partial charge in [0.05, 0.1) is 24.3 Å². The maximum atomic E-state index is 13.3. The Morgan fingerprint density at radius 1 is 1.30 bits per heavy atom. The summed E-state index contributed by atoms with van der Waals surface area (Å²) in [5, 5.41) is 7.50. The molecule has 5 aliphatic rings. The molecule has 0 saturated carbocycles. The molecular weight excluding hydrogens is 442 g/mol. The monoisotopic (exact) mass is 479 g/mol. The van der Waals surface area contributed by atoms with E-state index >= 15 is 0 Å². The van der Waals surface area contributed by atoms with Crippen LogP contribution >= 0.6 is 0 Å². The van der Waals surface area contributed by atoms with Gasteiger partial charge in [-0.2, -0.15) is 0 Å². The Labute approximate surface area is 203 Å². The summed E-state index contributed by atoms with van der Waals surface area (Å²) in [6, 6.07) is 0.405. The minimum Gasteiger partial charge on any atom is -1.00 e. The summed E-state index contributed by atoms with van der Waals surface area (Å²) >= 11 is 0. The maximum Gasteiger partial charge on any atom is 0.350 e. The van der Waals surface area contributed by atoms with Gasteiger partial charge in [0.2, 0.25) is 5.72 Å². The highest BCUT2D eigenvalue weighted by molar-refractivity contribution is 5.82. The molecule has 2 fully saturated rings. The average Bonchev–Trinajstić information content (AvgIpc) is 3.07. The van der Waals surface area contributed by atoms with E-state index in [9.17, 15) is 4.79 Å². The van der Waals surface area contributed by atoms with Crippen molar-refractivity contribution in [3.05, 3.63) is 24.8 Å². The number of hydrogen-bond acceptors (Lipinski definition) is 6. The first-order valence-electron chi connectivity index (χ1n) is 12.5. The molecule has 2 spiro atoms. The van der Waals surface area contributed by atoms with Crippen molar-refractivity contribution < 1.29 is 36.0 Å². The summed E-state index contributed by atoms with van der Waals surface area (Å²) in [7, 11) is 0. The van der Waals surface area contributed by atoms with Crippen LogP contribution in [0.5, 0.6) is 0 Å². The maximum absolute atomic E-state index is 13.3. The molecule has 7 atom stereocenters. The Morgan fingerprint density at radius 2 is 2.15 bits per heavy atom. The number of nitrogens with one attached hydrogen (secondary N) is 2. The van der Waals surface area contributed by atoms with E-state index in [1.54, 1.807) is 6.08 Å². The molecule has 0 aliphatic carbocycles. The molecule has 0 aromatic heterocycles. The third-order valence-electron chi connectivity index (χ3n) is 7.95. The molecule has 0 aromatic rings. The minimum absolute atomic E-state index is 0. The Bertz CT molecular complexity index is 832. The van der Waals surface area contributed by atoms with Crippen LogP contribution < -0.4 is 23.0 Å². The quantitative estimate of drug-likeness (QED) is 0.335. The molecule has 0 amide bonds. The van der Waals surface area contributed by atoms with Gasteiger partial charge in [-0.15, -0.1) is 0 Å². The molecule has 7 nitrogen and oxygen atoms in total. The lowest BCUT2D eigenvalue weighted by Gasteiger charge is -2.50. The Kier molecular flexibility index (Phi) is 7.13. The number of esters is 1. The van der Waals surface area contributed by atoms with Gasteiger partial charge in [-0.3, -0.25) is 9.37 Å². The van der Waals surface area contributed by atoms with Crippen LogP contribution in [0.3, 0.4) is 0 Å². The van der Waals surface area contributed by atoms with Crippen LogP contribution in [0.15, 0.2) is 24.8 Å². The third kappa shape index (κ3) is 4.32. The Balaban J connectivity index is 0.00000259. The van der Waals surface area contributed by atoms with Crippen LogP contribution in [-0.2, 0) is 19.0 Å². The number of allylic oxidation sites excluding steroid dienone is 1. The van der Waals surface area contributed by atoms with E-state index in [2.05, 4.69) is 47.8 Å². The molecule has 2 saturated heterocycles. The highest BCUT2D eigenvalue weighted by atomic mass is 35.5. The number of carbonyl (C=O) groups excluding carboxylic acids is 1. The highest BCUT2D eigenvalue weighted by Gasteiger charge is 2.64. The molecule has 5 rings (SSSR count). The zero-order valence-electron chi connectivity index (χ0n) is 19.9. The summed E-state index contributed by atoms with van der Waals surface area (Å²) < 4.78 is 21.3. The van der Waals surface area contributed by atoms with Gasteiger partial charge < -0.3 is 26.6 Å². The second-order valence-corrected chi connectivity index (χ2v) is 10.1. The van der Waals surface area contributed by atoms with Gasteiger partial charge in [-0.05, 0) is 45.4 Å². The standard InChI is InChI=1S/C25H37N3O4.ClH/c1-4-15-30-22(29)21-20-12-11-18-16-24(13-7-6-10-19(5-2)32-24)26-23(28(18)20)27-25(21)14-8-9-17(3)31-25;/h4,6,10,17-21H,1,5,7-9,11-16H2,2-3H3,(H,26,27);1H/t17-,18+,19+,20-,21-,24+,25-;/m1./s1. The number of ether oxygens (including phenoxy) is 3. The normalized spacial score (nSPS) is 41.5. The molecule has 5 heterocycles. The van der Waals surface area contributed by atoms with E-state index in [1.165, 1.54) is 0 Å². The van der Waals surface area contributed by atoms with Gasteiger partial charge in [-0.25, -0.2) is 10.6 Å². The van der Waals surface area contributed by atoms with E-state index < -0.39 is 5.72 Å². The molecule has 0 bridgehead atoms. The van der Waals surface area contributed by atoms with Crippen molar-refractivity contribution >= 4 is 11.9 Å². The fourth-order valence-electron chi connectivity index (χ4n) is 6.63. The molecule has 8 heteroatoms. The topological polar surface area (TPSA) is 71.8 Å². The first-order chi connectivity index (χ1) is 15.5. The molecule has 5 aliphatic heterocycles. The van der Waals surface area contributed by atoms with Crippen molar-refractivity contribution in [2.24, 2.45) is 5.92 Å². The van der Waals surface area contributed by atoms with Crippen LogP contribution in [0.25, 0.3) is 0 Å². The highest BCUT2D eigenvalue weighted by Crippen LogP contribution is 2.45. The summed E-state index contributed by atoms with van der Waals surface area (Å²) in [6.45, 7) is 8.21.